The van der Waals surface area contributed by atoms with Gasteiger partial charge in [0.2, 0.25) is 5.91 Å². The molecule has 1 N–H and O–H groups in total. The summed E-state index contributed by atoms with van der Waals surface area (Å²) in [6.07, 6.45) is -0.404. The van der Waals surface area contributed by atoms with Crippen LogP contribution in [0.5, 0.6) is 0 Å². The van der Waals surface area contributed by atoms with Gasteiger partial charge in [-0.25, -0.2) is 13.6 Å². The van der Waals surface area contributed by atoms with Crippen molar-refractivity contribution in [3.8, 4) is 0 Å². The first kappa shape index (κ1) is 18.3. The van der Waals surface area contributed by atoms with E-state index in [4.69, 9.17) is 0 Å². The largest absolute Gasteiger partial charge is 0.478 e. The highest BCUT2D eigenvalue weighted by atomic mass is 79.9. The first-order chi connectivity index (χ1) is 12.3. The molecule has 3 rings (SSSR count). The second kappa shape index (κ2) is 6.99. The van der Waals surface area contributed by atoms with Gasteiger partial charge in [-0.1, -0.05) is 24.3 Å². The van der Waals surface area contributed by atoms with Crippen LogP contribution >= 0.6 is 15.9 Å². The van der Waals surface area contributed by atoms with Gasteiger partial charge in [0.25, 0.3) is 0 Å². The number of benzene rings is 2. The van der Waals surface area contributed by atoms with Crippen LogP contribution in [0.3, 0.4) is 0 Å². The van der Waals surface area contributed by atoms with Gasteiger partial charge in [0.1, 0.15) is 11.6 Å². The van der Waals surface area contributed by atoms with Crippen molar-refractivity contribution in [2.75, 3.05) is 4.90 Å². The molecule has 134 valence electrons. The van der Waals surface area contributed by atoms with E-state index in [1.165, 1.54) is 24.3 Å². The number of carboxylic acids is 1. The first-order valence-electron chi connectivity index (χ1n) is 7.75. The van der Waals surface area contributed by atoms with Gasteiger partial charge in [-0.3, -0.25) is 4.79 Å². The van der Waals surface area contributed by atoms with E-state index in [2.05, 4.69) is 15.9 Å². The molecule has 0 radical (unpaired) electrons. The minimum absolute atomic E-state index is 0.0263. The number of anilines is 1. The van der Waals surface area contributed by atoms with Crippen LogP contribution in [0.25, 0.3) is 4.48 Å². The third kappa shape index (κ3) is 3.26. The fourth-order valence-corrected chi connectivity index (χ4v) is 3.46. The second-order valence-electron chi connectivity index (χ2n) is 5.97. The number of carboxylic acid groups (broad SMARTS) is 1. The van der Waals surface area contributed by atoms with Gasteiger partial charge < -0.3 is 10.0 Å². The number of para-hydroxylation sites is 1. The minimum Gasteiger partial charge on any atom is -0.478 e. The molecule has 1 amide bonds. The molecule has 0 unspecified atom stereocenters. The van der Waals surface area contributed by atoms with E-state index >= 15 is 0 Å². The lowest BCUT2D eigenvalue weighted by molar-refractivity contribution is -0.133. The predicted molar refractivity (Wildman–Crippen MR) is 96.8 cm³/mol. The van der Waals surface area contributed by atoms with Gasteiger partial charge in [0, 0.05) is 10.0 Å². The maximum atomic E-state index is 14.6. The minimum atomic E-state index is -1.26. The van der Waals surface area contributed by atoms with Gasteiger partial charge in [-0.05, 0) is 46.1 Å². The van der Waals surface area contributed by atoms with Crippen molar-refractivity contribution in [3.63, 3.8) is 0 Å². The van der Waals surface area contributed by atoms with E-state index < -0.39 is 29.9 Å². The molecule has 0 fully saturated rings. The van der Waals surface area contributed by atoms with E-state index in [0.717, 1.165) is 4.90 Å². The Labute approximate surface area is 156 Å². The lowest BCUT2D eigenvalue weighted by Gasteiger charge is -2.24. The Morgan fingerprint density at radius 1 is 1.23 bits per heavy atom. The fourth-order valence-electron chi connectivity index (χ4n) is 2.83. The molecule has 0 aromatic heterocycles. The summed E-state index contributed by atoms with van der Waals surface area (Å²) in [6.45, 7) is 1.54. The van der Waals surface area contributed by atoms with E-state index in [-0.39, 0.29) is 27.9 Å². The predicted octanol–water partition coefficient (Wildman–Crippen LogP) is 4.40. The molecular formula is C19H14BrF2NO3. The molecule has 0 bridgehead atoms. The third-order valence-corrected chi connectivity index (χ3v) is 5.13. The molecule has 2 aromatic carbocycles. The molecule has 7 heteroatoms. The number of rotatable bonds is 3. The summed E-state index contributed by atoms with van der Waals surface area (Å²) >= 11 is 3.19. The van der Waals surface area contributed by atoms with Gasteiger partial charge in [0.05, 0.1) is 24.2 Å². The van der Waals surface area contributed by atoms with Crippen molar-refractivity contribution in [2.24, 2.45) is 0 Å². The van der Waals surface area contributed by atoms with Crippen LogP contribution in [0.2, 0.25) is 0 Å². The molecule has 1 aliphatic heterocycles. The Morgan fingerprint density at radius 3 is 2.62 bits per heavy atom. The molecule has 1 aliphatic rings. The lowest BCUT2D eigenvalue weighted by Crippen LogP contribution is -2.31. The average molecular weight is 422 g/mol. The van der Waals surface area contributed by atoms with Crippen LogP contribution in [0.4, 0.5) is 14.5 Å². The zero-order valence-corrected chi connectivity index (χ0v) is 15.3. The highest BCUT2D eigenvalue weighted by Crippen LogP contribution is 2.40. The molecule has 2 aromatic rings. The Kier molecular flexibility index (Phi) is 4.91. The van der Waals surface area contributed by atoms with E-state index in [1.54, 1.807) is 19.1 Å². The maximum Gasteiger partial charge on any atom is 0.333 e. The summed E-state index contributed by atoms with van der Waals surface area (Å²) in [5.74, 6) is -2.93. The van der Waals surface area contributed by atoms with Gasteiger partial charge in [-0.15, -0.1) is 0 Å². The summed E-state index contributed by atoms with van der Waals surface area (Å²) in [5, 5.41) is 9.39. The number of nitrogens with zero attached hydrogens (tertiary/aromatic N) is 1. The van der Waals surface area contributed by atoms with Crippen LogP contribution in [-0.4, -0.2) is 17.0 Å². The summed E-state index contributed by atoms with van der Waals surface area (Å²) in [5.41, 5.74) is 1.02. The maximum absolute atomic E-state index is 14.6. The van der Waals surface area contributed by atoms with Crippen molar-refractivity contribution in [2.45, 2.75) is 19.9 Å². The van der Waals surface area contributed by atoms with Crippen LogP contribution in [0, 0.1) is 18.6 Å². The van der Waals surface area contributed by atoms with Crippen molar-refractivity contribution >= 4 is 38.0 Å². The lowest BCUT2D eigenvalue weighted by atomic mass is 10.1. The summed E-state index contributed by atoms with van der Waals surface area (Å²) in [4.78, 5) is 25.4. The molecule has 0 aliphatic carbocycles. The highest BCUT2D eigenvalue weighted by Gasteiger charge is 2.31. The zero-order valence-electron chi connectivity index (χ0n) is 13.7. The summed E-state index contributed by atoms with van der Waals surface area (Å²) in [6, 6.07) is 8.68. The Balaban J connectivity index is 2.13. The number of carbonyl (C=O) groups excluding carboxylic acids is 1. The topological polar surface area (TPSA) is 57.6 Å². The smallest absolute Gasteiger partial charge is 0.333 e. The van der Waals surface area contributed by atoms with Crippen LogP contribution in [0.15, 0.2) is 42.0 Å². The molecule has 0 spiro atoms. The van der Waals surface area contributed by atoms with Crippen molar-refractivity contribution in [3.05, 3.63) is 70.3 Å². The zero-order chi connectivity index (χ0) is 19.0. The van der Waals surface area contributed by atoms with Crippen molar-refractivity contribution < 1.29 is 23.5 Å². The van der Waals surface area contributed by atoms with Gasteiger partial charge in [0.15, 0.2) is 0 Å². The SMILES string of the molecule is Cc1ccc(CN2C(=O)CC(C(=O)O)=C(Br)c3cccc(F)c32)cc1F. The quantitative estimate of drug-likeness (QED) is 0.798. The number of halogens is 3. The monoisotopic (exact) mass is 421 g/mol. The number of fused-ring (bicyclic) bond motifs is 1. The fraction of sp³-hybridized carbons (Fsp3) is 0.158. The highest BCUT2D eigenvalue weighted by molar-refractivity contribution is 9.15. The number of carbonyl (C=O) groups is 2. The number of aliphatic carboxylic acids is 1. The van der Waals surface area contributed by atoms with Crippen LogP contribution < -0.4 is 4.90 Å². The molecule has 1 heterocycles. The molecular weight excluding hydrogens is 408 g/mol. The Hall–Kier alpha value is -2.54. The van der Waals surface area contributed by atoms with Crippen LogP contribution in [-0.2, 0) is 16.1 Å². The summed E-state index contributed by atoms with van der Waals surface area (Å²) < 4.78 is 28.6. The van der Waals surface area contributed by atoms with E-state index in [1.807, 2.05) is 0 Å². The number of hydrogen-bond donors (Lipinski definition) is 1. The Morgan fingerprint density at radius 2 is 1.96 bits per heavy atom. The molecule has 26 heavy (non-hydrogen) atoms. The average Bonchev–Trinajstić information content (AvgIpc) is 2.69. The van der Waals surface area contributed by atoms with E-state index in [0.29, 0.717) is 11.1 Å². The Bertz CT molecular complexity index is 956. The number of hydrogen-bond acceptors (Lipinski definition) is 2. The molecule has 0 atom stereocenters. The number of amides is 1. The van der Waals surface area contributed by atoms with Crippen LogP contribution in [0.1, 0.15) is 23.1 Å². The standard InChI is InChI=1S/C19H14BrF2NO3/c1-10-5-6-11(7-15(10)22)9-23-16(24)8-13(19(25)26)17(20)12-3-2-4-14(21)18(12)23/h2-7H,8-9H2,1H3,(H,25,26). The van der Waals surface area contributed by atoms with Crippen molar-refractivity contribution in [1.82, 2.24) is 0 Å². The van der Waals surface area contributed by atoms with Crippen molar-refractivity contribution in [1.29, 1.82) is 0 Å². The molecule has 4 nitrogen and oxygen atoms in total. The summed E-state index contributed by atoms with van der Waals surface area (Å²) in [7, 11) is 0. The first-order valence-corrected chi connectivity index (χ1v) is 8.55. The molecule has 0 saturated carbocycles. The number of aryl methyl sites for hydroxylation is 1. The third-order valence-electron chi connectivity index (χ3n) is 4.22. The second-order valence-corrected chi connectivity index (χ2v) is 6.77. The van der Waals surface area contributed by atoms with Gasteiger partial charge in [-0.2, -0.15) is 0 Å². The normalized spacial score (nSPS) is 14.3. The molecule has 0 saturated heterocycles. The van der Waals surface area contributed by atoms with Gasteiger partial charge >= 0.3 is 5.97 Å². The van der Waals surface area contributed by atoms with E-state index in [9.17, 15) is 23.5 Å².